The highest BCUT2D eigenvalue weighted by Crippen LogP contribution is 2.31. The van der Waals surface area contributed by atoms with Crippen LogP contribution in [-0.4, -0.2) is 20.6 Å². The first-order valence-corrected chi connectivity index (χ1v) is 9.61. The van der Waals surface area contributed by atoms with Crippen molar-refractivity contribution in [3.8, 4) is 0 Å². The van der Waals surface area contributed by atoms with E-state index in [2.05, 4.69) is 18.8 Å². The van der Waals surface area contributed by atoms with Gasteiger partial charge in [0.2, 0.25) is 0 Å². The summed E-state index contributed by atoms with van der Waals surface area (Å²) in [5.41, 5.74) is 0.553. The summed E-state index contributed by atoms with van der Waals surface area (Å²) in [6, 6.07) is 5.18. The Bertz CT molecular complexity index is 832. The molecule has 1 aliphatic carbocycles. The summed E-state index contributed by atoms with van der Waals surface area (Å²) in [6.45, 7) is 4.71. The van der Waals surface area contributed by atoms with Gasteiger partial charge in [-0.2, -0.15) is 0 Å². The van der Waals surface area contributed by atoms with Gasteiger partial charge >= 0.3 is 0 Å². The van der Waals surface area contributed by atoms with Crippen molar-refractivity contribution in [3.05, 3.63) is 33.6 Å². The van der Waals surface area contributed by atoms with Crippen LogP contribution < -0.4 is 5.56 Å². The monoisotopic (exact) mass is 364 g/mol. The van der Waals surface area contributed by atoms with Crippen LogP contribution >= 0.6 is 23.4 Å². The van der Waals surface area contributed by atoms with E-state index in [-0.39, 0.29) is 16.6 Å². The van der Waals surface area contributed by atoms with E-state index in [9.17, 15) is 9.59 Å². The second-order valence-corrected chi connectivity index (χ2v) is 8.29. The Labute approximate surface area is 150 Å². The lowest BCUT2D eigenvalue weighted by atomic mass is 9.99. The fourth-order valence-electron chi connectivity index (χ4n) is 2.99. The number of rotatable bonds is 4. The van der Waals surface area contributed by atoms with Gasteiger partial charge in [0.05, 0.1) is 16.2 Å². The third kappa shape index (κ3) is 3.67. The molecule has 0 amide bonds. The normalized spacial score (nSPS) is 18.5. The molecule has 0 bridgehead atoms. The third-order valence-corrected chi connectivity index (χ3v) is 5.72. The number of thioether (sulfide) groups is 1. The number of ketones is 1. The standard InChI is InChI=1S/C18H21ClN2O2S/c1-11(2)10-21-17(23)13-9-12(19)7-8-14(13)20-18(21)24-16-6-4-3-5-15(16)22/h7-9,11,16H,3-6,10H2,1-2H3/t16-/m1/s1. The second-order valence-electron chi connectivity index (χ2n) is 6.68. The van der Waals surface area contributed by atoms with Crippen molar-refractivity contribution < 1.29 is 4.79 Å². The molecule has 128 valence electrons. The summed E-state index contributed by atoms with van der Waals surface area (Å²) in [4.78, 5) is 29.8. The molecule has 0 aliphatic heterocycles. The fraction of sp³-hybridized carbons (Fsp3) is 0.500. The van der Waals surface area contributed by atoms with Crippen molar-refractivity contribution >= 4 is 40.0 Å². The molecule has 1 aromatic carbocycles. The van der Waals surface area contributed by atoms with Gasteiger partial charge in [-0.1, -0.05) is 43.6 Å². The molecule has 1 fully saturated rings. The highest BCUT2D eigenvalue weighted by Gasteiger charge is 2.25. The van der Waals surface area contributed by atoms with E-state index in [1.54, 1.807) is 22.8 Å². The number of aromatic nitrogens is 2. The average Bonchev–Trinajstić information content (AvgIpc) is 2.54. The zero-order valence-corrected chi connectivity index (χ0v) is 15.5. The first kappa shape index (κ1) is 17.5. The molecule has 0 saturated heterocycles. The van der Waals surface area contributed by atoms with E-state index in [1.165, 1.54) is 11.8 Å². The largest absolute Gasteiger partial charge is 0.298 e. The number of hydrogen-bond acceptors (Lipinski definition) is 4. The maximum Gasteiger partial charge on any atom is 0.262 e. The van der Waals surface area contributed by atoms with Gasteiger partial charge in [0.25, 0.3) is 5.56 Å². The molecule has 1 atom stereocenters. The first-order chi connectivity index (χ1) is 11.5. The number of halogens is 1. The molecular weight excluding hydrogens is 344 g/mol. The van der Waals surface area contributed by atoms with Gasteiger partial charge in [-0.05, 0) is 37.0 Å². The number of hydrogen-bond donors (Lipinski definition) is 0. The maximum atomic E-state index is 12.9. The molecule has 6 heteroatoms. The topological polar surface area (TPSA) is 52.0 Å². The third-order valence-electron chi connectivity index (χ3n) is 4.18. The molecule has 1 aliphatic rings. The Kier molecular flexibility index (Phi) is 5.30. The molecule has 0 spiro atoms. The number of benzene rings is 1. The van der Waals surface area contributed by atoms with Gasteiger partial charge in [-0.25, -0.2) is 4.98 Å². The van der Waals surface area contributed by atoms with Crippen LogP contribution in [0.4, 0.5) is 0 Å². The van der Waals surface area contributed by atoms with Gasteiger partial charge < -0.3 is 0 Å². The van der Waals surface area contributed by atoms with E-state index in [4.69, 9.17) is 11.6 Å². The van der Waals surface area contributed by atoms with E-state index in [0.29, 0.717) is 40.0 Å². The van der Waals surface area contributed by atoms with Crippen molar-refractivity contribution in [2.24, 2.45) is 5.92 Å². The molecule has 1 heterocycles. The van der Waals surface area contributed by atoms with E-state index >= 15 is 0 Å². The Morgan fingerprint density at radius 1 is 1.33 bits per heavy atom. The molecule has 4 nitrogen and oxygen atoms in total. The van der Waals surface area contributed by atoms with Gasteiger partial charge in [0, 0.05) is 18.0 Å². The zero-order chi connectivity index (χ0) is 17.3. The van der Waals surface area contributed by atoms with Crippen LogP contribution in [0.5, 0.6) is 0 Å². The molecule has 2 aromatic rings. The average molecular weight is 365 g/mol. The Morgan fingerprint density at radius 2 is 2.12 bits per heavy atom. The molecule has 0 N–H and O–H groups in total. The fourth-order valence-corrected chi connectivity index (χ4v) is 4.39. The molecule has 1 aromatic heterocycles. The summed E-state index contributed by atoms with van der Waals surface area (Å²) in [5.74, 6) is 0.579. The van der Waals surface area contributed by atoms with Gasteiger partial charge in [0.15, 0.2) is 5.16 Å². The van der Waals surface area contributed by atoms with E-state index < -0.39 is 0 Å². The van der Waals surface area contributed by atoms with Crippen LogP contribution in [0.2, 0.25) is 5.02 Å². The minimum Gasteiger partial charge on any atom is -0.298 e. The summed E-state index contributed by atoms with van der Waals surface area (Å²) >= 11 is 7.48. The highest BCUT2D eigenvalue weighted by atomic mass is 35.5. The molecule has 0 radical (unpaired) electrons. The van der Waals surface area contributed by atoms with Crippen molar-refractivity contribution in [3.63, 3.8) is 0 Å². The van der Waals surface area contributed by atoms with Crippen LogP contribution in [0.15, 0.2) is 28.2 Å². The molecule has 3 rings (SSSR count). The van der Waals surface area contributed by atoms with Crippen LogP contribution in [0.1, 0.15) is 39.5 Å². The minimum atomic E-state index is -0.0891. The Balaban J connectivity index is 2.08. The predicted octanol–water partition coefficient (Wildman–Crippen LogP) is 4.31. The van der Waals surface area contributed by atoms with E-state index in [1.807, 2.05) is 0 Å². The van der Waals surface area contributed by atoms with Crippen LogP contribution in [0.3, 0.4) is 0 Å². The van der Waals surface area contributed by atoms with Crippen LogP contribution in [0.25, 0.3) is 10.9 Å². The number of carbonyl (C=O) groups is 1. The zero-order valence-electron chi connectivity index (χ0n) is 13.9. The summed E-state index contributed by atoms with van der Waals surface area (Å²) in [7, 11) is 0. The molecular formula is C18H21ClN2O2S. The lowest BCUT2D eigenvalue weighted by molar-refractivity contribution is -0.119. The van der Waals surface area contributed by atoms with Crippen LogP contribution in [-0.2, 0) is 11.3 Å². The number of carbonyl (C=O) groups excluding carboxylic acids is 1. The SMILES string of the molecule is CC(C)Cn1c(S[C@@H]2CCCCC2=O)nc2ccc(Cl)cc2c1=O. The van der Waals surface area contributed by atoms with Gasteiger partial charge in [-0.15, -0.1) is 0 Å². The van der Waals surface area contributed by atoms with Gasteiger partial charge in [-0.3, -0.25) is 14.2 Å². The highest BCUT2D eigenvalue weighted by molar-refractivity contribution is 8.00. The summed E-state index contributed by atoms with van der Waals surface area (Å²) in [6.07, 6.45) is 3.52. The first-order valence-electron chi connectivity index (χ1n) is 8.35. The van der Waals surface area contributed by atoms with Crippen molar-refractivity contribution in [1.82, 2.24) is 9.55 Å². The lowest BCUT2D eigenvalue weighted by Crippen LogP contribution is -2.28. The number of Topliss-reactive ketones (excluding diaryl/α,β-unsaturated/α-hetero) is 1. The maximum absolute atomic E-state index is 12.9. The van der Waals surface area contributed by atoms with Gasteiger partial charge in [0.1, 0.15) is 5.78 Å². The quantitative estimate of drug-likeness (QED) is 0.758. The predicted molar refractivity (Wildman–Crippen MR) is 99.0 cm³/mol. The van der Waals surface area contributed by atoms with Crippen molar-refractivity contribution in [2.45, 2.75) is 56.5 Å². The second kappa shape index (κ2) is 7.28. The number of nitrogens with zero attached hydrogens (tertiary/aromatic N) is 2. The summed E-state index contributed by atoms with van der Waals surface area (Å²) in [5, 5.41) is 1.61. The Morgan fingerprint density at radius 3 is 2.83 bits per heavy atom. The molecule has 24 heavy (non-hydrogen) atoms. The lowest BCUT2D eigenvalue weighted by Gasteiger charge is -2.22. The van der Waals surface area contributed by atoms with Crippen molar-refractivity contribution in [2.75, 3.05) is 0 Å². The van der Waals surface area contributed by atoms with Crippen molar-refractivity contribution in [1.29, 1.82) is 0 Å². The summed E-state index contributed by atoms with van der Waals surface area (Å²) < 4.78 is 1.70. The molecule has 0 unspecified atom stereocenters. The molecule has 1 saturated carbocycles. The number of fused-ring (bicyclic) bond motifs is 1. The van der Waals surface area contributed by atoms with Crippen LogP contribution in [0, 0.1) is 5.92 Å². The smallest absolute Gasteiger partial charge is 0.262 e. The minimum absolute atomic E-state index is 0.0815. The Hall–Kier alpha value is -1.33. The van der Waals surface area contributed by atoms with E-state index in [0.717, 1.165) is 19.3 Å².